The van der Waals surface area contributed by atoms with Crippen molar-refractivity contribution in [3.63, 3.8) is 0 Å². The van der Waals surface area contributed by atoms with Gasteiger partial charge < -0.3 is 14.6 Å². The number of hydrogen-bond donors (Lipinski definition) is 1. The van der Waals surface area contributed by atoms with Gasteiger partial charge in [-0.3, -0.25) is 0 Å². The van der Waals surface area contributed by atoms with Crippen LogP contribution in [0, 0.1) is 5.92 Å². The maximum atomic E-state index is 10.3. The smallest absolute Gasteiger partial charge is 0.0940 e. The molecule has 0 aromatic rings. The summed E-state index contributed by atoms with van der Waals surface area (Å²) in [4.78, 5) is 0. The lowest BCUT2D eigenvalue weighted by atomic mass is 9.85. The highest BCUT2D eigenvalue weighted by molar-refractivity contribution is 4.96. The van der Waals surface area contributed by atoms with Crippen molar-refractivity contribution in [1.82, 2.24) is 0 Å². The van der Waals surface area contributed by atoms with Crippen LogP contribution in [0.15, 0.2) is 0 Å². The Morgan fingerprint density at radius 1 is 1.43 bits per heavy atom. The average Bonchev–Trinajstić information content (AvgIpc) is 2.89. The van der Waals surface area contributed by atoms with Gasteiger partial charge in [-0.2, -0.15) is 0 Å². The summed E-state index contributed by atoms with van der Waals surface area (Å²) >= 11 is 0. The molecule has 0 aromatic carbocycles. The van der Waals surface area contributed by atoms with Gasteiger partial charge in [-0.25, -0.2) is 0 Å². The number of aliphatic hydroxyl groups is 1. The number of methoxy groups -OCH3 is 1. The molecule has 3 nitrogen and oxygen atoms in total. The van der Waals surface area contributed by atoms with E-state index in [1.165, 1.54) is 12.8 Å². The Morgan fingerprint density at radius 2 is 2.14 bits per heavy atom. The molecule has 3 heteroatoms. The summed E-state index contributed by atoms with van der Waals surface area (Å²) in [5.41, 5.74) is -0.266. The van der Waals surface area contributed by atoms with E-state index >= 15 is 0 Å². The number of hydrogen-bond acceptors (Lipinski definition) is 3. The van der Waals surface area contributed by atoms with Crippen LogP contribution in [0.2, 0.25) is 0 Å². The van der Waals surface area contributed by atoms with Gasteiger partial charge in [-0.15, -0.1) is 0 Å². The first-order valence-corrected chi connectivity index (χ1v) is 5.59. The minimum absolute atomic E-state index is 0.266. The molecule has 1 aliphatic carbocycles. The van der Waals surface area contributed by atoms with Crippen LogP contribution in [0.4, 0.5) is 0 Å². The minimum atomic E-state index is -0.336. The topological polar surface area (TPSA) is 38.7 Å². The molecule has 82 valence electrons. The fourth-order valence-electron chi connectivity index (χ4n) is 2.83. The molecule has 2 atom stereocenters. The van der Waals surface area contributed by atoms with E-state index in [9.17, 15) is 5.11 Å². The third kappa shape index (κ3) is 1.69. The van der Waals surface area contributed by atoms with E-state index < -0.39 is 0 Å². The van der Waals surface area contributed by atoms with Crippen molar-refractivity contribution in [3.05, 3.63) is 0 Å². The Labute approximate surface area is 85.4 Å². The predicted molar refractivity (Wildman–Crippen MR) is 53.1 cm³/mol. The van der Waals surface area contributed by atoms with Gasteiger partial charge in [0.15, 0.2) is 0 Å². The monoisotopic (exact) mass is 200 g/mol. The summed E-state index contributed by atoms with van der Waals surface area (Å²) in [5.74, 6) is 0.285. The van der Waals surface area contributed by atoms with Gasteiger partial charge in [0.05, 0.1) is 18.3 Å². The first-order valence-electron chi connectivity index (χ1n) is 5.59. The molecule has 2 unspecified atom stereocenters. The van der Waals surface area contributed by atoms with Crippen LogP contribution in [0.3, 0.4) is 0 Å². The maximum Gasteiger partial charge on any atom is 0.0940 e. The molecule has 0 amide bonds. The summed E-state index contributed by atoms with van der Waals surface area (Å²) < 4.78 is 10.9. The summed E-state index contributed by atoms with van der Waals surface area (Å²) in [5, 5.41) is 10.3. The molecule has 0 radical (unpaired) electrons. The van der Waals surface area contributed by atoms with Crippen molar-refractivity contribution in [2.45, 2.75) is 43.8 Å². The molecule has 2 aliphatic rings. The molecule has 1 aliphatic heterocycles. The quantitative estimate of drug-likeness (QED) is 0.747. The third-order valence-corrected chi connectivity index (χ3v) is 3.81. The summed E-state index contributed by atoms with van der Waals surface area (Å²) in [6.45, 7) is 1.49. The predicted octanol–water partition coefficient (Wildman–Crippen LogP) is 1.34. The second-order valence-corrected chi connectivity index (χ2v) is 4.54. The van der Waals surface area contributed by atoms with Crippen molar-refractivity contribution in [3.8, 4) is 0 Å². The second kappa shape index (κ2) is 4.17. The maximum absolute atomic E-state index is 10.3. The van der Waals surface area contributed by atoms with Gasteiger partial charge in [0.2, 0.25) is 0 Å². The van der Waals surface area contributed by atoms with Gasteiger partial charge in [-0.05, 0) is 19.3 Å². The molecule has 2 rings (SSSR count). The van der Waals surface area contributed by atoms with E-state index in [4.69, 9.17) is 9.47 Å². The Morgan fingerprint density at radius 3 is 2.64 bits per heavy atom. The van der Waals surface area contributed by atoms with E-state index in [2.05, 4.69) is 0 Å². The van der Waals surface area contributed by atoms with Gasteiger partial charge in [-0.1, -0.05) is 12.8 Å². The van der Waals surface area contributed by atoms with Crippen LogP contribution >= 0.6 is 0 Å². The van der Waals surface area contributed by atoms with Crippen molar-refractivity contribution in [2.24, 2.45) is 5.92 Å². The minimum Gasteiger partial charge on any atom is -0.390 e. The molecule has 14 heavy (non-hydrogen) atoms. The number of rotatable bonds is 3. The van der Waals surface area contributed by atoms with Crippen LogP contribution in [-0.4, -0.2) is 37.1 Å². The Kier molecular flexibility index (Phi) is 3.10. The summed E-state index contributed by atoms with van der Waals surface area (Å²) in [6.07, 6.45) is 5.00. The van der Waals surface area contributed by atoms with Crippen LogP contribution < -0.4 is 0 Å². The Balaban J connectivity index is 2.02. The molecule has 0 spiro atoms. The molecular formula is C11H20O3. The zero-order valence-corrected chi connectivity index (χ0v) is 8.87. The molecular weight excluding hydrogens is 180 g/mol. The lowest BCUT2D eigenvalue weighted by molar-refractivity contribution is -0.120. The van der Waals surface area contributed by atoms with Crippen LogP contribution in [-0.2, 0) is 9.47 Å². The van der Waals surface area contributed by atoms with Gasteiger partial charge in [0, 0.05) is 19.6 Å². The Hall–Kier alpha value is -0.120. The normalized spacial score (nSPS) is 33.4. The van der Waals surface area contributed by atoms with E-state index in [1.54, 1.807) is 7.11 Å². The van der Waals surface area contributed by atoms with Crippen molar-refractivity contribution in [1.29, 1.82) is 0 Å². The Bertz CT molecular complexity index is 181. The fourth-order valence-corrected chi connectivity index (χ4v) is 2.83. The van der Waals surface area contributed by atoms with Gasteiger partial charge in [0.25, 0.3) is 0 Å². The fraction of sp³-hybridized carbons (Fsp3) is 1.00. The van der Waals surface area contributed by atoms with E-state index in [0.717, 1.165) is 25.9 Å². The van der Waals surface area contributed by atoms with Gasteiger partial charge >= 0.3 is 0 Å². The van der Waals surface area contributed by atoms with Crippen LogP contribution in [0.25, 0.3) is 0 Å². The number of ether oxygens (including phenoxy) is 2. The molecule has 0 aromatic heterocycles. The summed E-state index contributed by atoms with van der Waals surface area (Å²) in [7, 11) is 1.73. The first kappa shape index (κ1) is 10.4. The molecule has 0 bridgehead atoms. The number of aliphatic hydroxyl groups excluding tert-OH is 1. The van der Waals surface area contributed by atoms with E-state index in [1.807, 2.05) is 0 Å². The largest absolute Gasteiger partial charge is 0.390 e. The zero-order chi connectivity index (χ0) is 10.0. The second-order valence-electron chi connectivity index (χ2n) is 4.54. The highest BCUT2D eigenvalue weighted by Gasteiger charge is 2.45. The van der Waals surface area contributed by atoms with Crippen molar-refractivity contribution >= 4 is 0 Å². The standard InChI is InChI=1S/C11H20O3/c1-13-11(5-2-3-6-11)10(12)9-4-7-14-8-9/h9-10,12H,2-8H2,1H3. The van der Waals surface area contributed by atoms with Crippen molar-refractivity contribution < 1.29 is 14.6 Å². The van der Waals surface area contributed by atoms with Crippen LogP contribution in [0.5, 0.6) is 0 Å². The lowest BCUT2D eigenvalue weighted by Crippen LogP contribution is -2.46. The molecule has 1 saturated carbocycles. The molecule has 1 heterocycles. The highest BCUT2D eigenvalue weighted by atomic mass is 16.5. The average molecular weight is 200 g/mol. The zero-order valence-electron chi connectivity index (χ0n) is 8.87. The molecule has 1 saturated heterocycles. The van der Waals surface area contributed by atoms with Crippen molar-refractivity contribution in [2.75, 3.05) is 20.3 Å². The molecule has 1 N–H and O–H groups in total. The van der Waals surface area contributed by atoms with Crippen LogP contribution in [0.1, 0.15) is 32.1 Å². The summed E-state index contributed by atoms with van der Waals surface area (Å²) in [6, 6.07) is 0. The SMILES string of the molecule is COC1(C(O)C2CCOC2)CCCC1. The third-order valence-electron chi connectivity index (χ3n) is 3.81. The van der Waals surface area contributed by atoms with E-state index in [-0.39, 0.29) is 17.6 Å². The van der Waals surface area contributed by atoms with E-state index in [0.29, 0.717) is 6.61 Å². The lowest BCUT2D eigenvalue weighted by Gasteiger charge is -2.35. The first-order chi connectivity index (χ1) is 6.78. The van der Waals surface area contributed by atoms with Gasteiger partial charge in [0.1, 0.15) is 0 Å². The highest BCUT2D eigenvalue weighted by Crippen LogP contribution is 2.39. The molecule has 2 fully saturated rings.